The van der Waals surface area contributed by atoms with Gasteiger partial charge < -0.3 is 14.5 Å². The van der Waals surface area contributed by atoms with Crippen LogP contribution in [0, 0.1) is 12.8 Å². The van der Waals surface area contributed by atoms with Crippen LogP contribution < -0.4 is 9.64 Å². The van der Waals surface area contributed by atoms with Crippen LogP contribution in [0.5, 0.6) is 5.88 Å². The van der Waals surface area contributed by atoms with Crippen molar-refractivity contribution >= 4 is 29.1 Å². The topological polar surface area (TPSA) is 75.6 Å². The van der Waals surface area contributed by atoms with Crippen molar-refractivity contribution in [3.63, 3.8) is 0 Å². The Morgan fingerprint density at radius 3 is 2.66 bits per heavy atom. The second-order valence-electron chi connectivity index (χ2n) is 7.56. The number of amides is 2. The number of carbonyl (C=O) groups excluding carboxylic acids is 2. The third-order valence-corrected chi connectivity index (χ3v) is 5.62. The highest BCUT2D eigenvalue weighted by Gasteiger charge is 2.38. The lowest BCUT2D eigenvalue weighted by Crippen LogP contribution is -2.47. The predicted octanol–water partition coefficient (Wildman–Crippen LogP) is 2.86. The average Bonchev–Trinajstić information content (AvgIpc) is 3.11. The second kappa shape index (κ2) is 8.37. The number of anilines is 1. The summed E-state index contributed by atoms with van der Waals surface area (Å²) in [5, 5.41) is 8.67. The molecule has 0 N–H and O–H groups in total. The Kier molecular flexibility index (Phi) is 5.67. The van der Waals surface area contributed by atoms with E-state index in [1.165, 1.54) is 0 Å². The molecule has 152 valence electrons. The van der Waals surface area contributed by atoms with Gasteiger partial charge in [0.25, 0.3) is 0 Å². The first-order valence-corrected chi connectivity index (χ1v) is 10.2. The van der Waals surface area contributed by atoms with E-state index in [2.05, 4.69) is 10.2 Å². The summed E-state index contributed by atoms with van der Waals surface area (Å²) in [5.41, 5.74) is 1.60. The molecule has 2 saturated heterocycles. The predicted molar refractivity (Wildman–Crippen MR) is 109 cm³/mol. The third-order valence-electron chi connectivity index (χ3n) is 5.36. The first-order chi connectivity index (χ1) is 14.0. The van der Waals surface area contributed by atoms with E-state index in [0.29, 0.717) is 30.5 Å². The van der Waals surface area contributed by atoms with E-state index in [4.69, 9.17) is 16.3 Å². The van der Waals surface area contributed by atoms with Gasteiger partial charge in [-0.3, -0.25) is 9.59 Å². The molecule has 0 bridgehead atoms. The van der Waals surface area contributed by atoms with Crippen LogP contribution in [0.15, 0.2) is 36.4 Å². The van der Waals surface area contributed by atoms with Crippen molar-refractivity contribution in [2.24, 2.45) is 5.92 Å². The minimum atomic E-state index is -0.337. The Hall–Kier alpha value is -2.67. The Balaban J connectivity index is 1.38. The van der Waals surface area contributed by atoms with Crippen LogP contribution in [-0.2, 0) is 9.59 Å². The quantitative estimate of drug-likeness (QED) is 0.768. The van der Waals surface area contributed by atoms with E-state index in [-0.39, 0.29) is 30.3 Å². The van der Waals surface area contributed by atoms with Gasteiger partial charge in [-0.1, -0.05) is 11.6 Å². The molecular formula is C21H23ClN4O3. The van der Waals surface area contributed by atoms with Crippen molar-refractivity contribution in [3.8, 4) is 5.88 Å². The van der Waals surface area contributed by atoms with Crippen molar-refractivity contribution in [3.05, 3.63) is 47.1 Å². The molecule has 29 heavy (non-hydrogen) atoms. The molecule has 0 spiro atoms. The fraction of sp³-hybridized carbons (Fsp3) is 0.429. The summed E-state index contributed by atoms with van der Waals surface area (Å²) in [6.07, 6.45) is 1.83. The second-order valence-corrected chi connectivity index (χ2v) is 8.00. The Labute approximate surface area is 174 Å². The highest BCUT2D eigenvalue weighted by Crippen LogP contribution is 2.28. The van der Waals surface area contributed by atoms with Crippen molar-refractivity contribution < 1.29 is 14.3 Å². The van der Waals surface area contributed by atoms with Crippen LogP contribution >= 0.6 is 11.6 Å². The Morgan fingerprint density at radius 1 is 1.14 bits per heavy atom. The van der Waals surface area contributed by atoms with Gasteiger partial charge in [0.2, 0.25) is 17.7 Å². The van der Waals surface area contributed by atoms with E-state index < -0.39 is 0 Å². The van der Waals surface area contributed by atoms with E-state index in [1.54, 1.807) is 35.2 Å². The Bertz CT molecular complexity index is 888. The molecule has 2 fully saturated rings. The molecule has 2 aliphatic rings. The number of carbonyl (C=O) groups is 2. The first kappa shape index (κ1) is 19.6. The standard InChI is InChI=1S/C21H23ClN4O3/c1-14-4-9-19(24-23-14)29-18-3-2-10-25(13-18)21(28)15-11-20(27)26(12-15)17-7-5-16(22)6-8-17/h4-9,15,18H,2-3,10-13H2,1H3. The minimum Gasteiger partial charge on any atom is -0.471 e. The van der Waals surface area contributed by atoms with Crippen LogP contribution in [0.4, 0.5) is 5.69 Å². The van der Waals surface area contributed by atoms with Crippen molar-refractivity contribution in [2.75, 3.05) is 24.5 Å². The molecule has 1 aromatic carbocycles. The number of aryl methyl sites for hydroxylation is 1. The van der Waals surface area contributed by atoms with Gasteiger partial charge in [-0.15, -0.1) is 5.10 Å². The Morgan fingerprint density at radius 2 is 1.93 bits per heavy atom. The van der Waals surface area contributed by atoms with Crippen LogP contribution in [0.2, 0.25) is 5.02 Å². The number of ether oxygens (including phenoxy) is 1. The minimum absolute atomic E-state index is 0.0121. The summed E-state index contributed by atoms with van der Waals surface area (Å²) < 4.78 is 5.92. The highest BCUT2D eigenvalue weighted by molar-refractivity contribution is 6.30. The molecule has 8 heteroatoms. The highest BCUT2D eigenvalue weighted by atomic mass is 35.5. The van der Waals surface area contributed by atoms with Gasteiger partial charge >= 0.3 is 0 Å². The lowest BCUT2D eigenvalue weighted by molar-refractivity contribution is -0.138. The molecule has 2 amide bonds. The maximum absolute atomic E-state index is 13.1. The molecule has 1 aromatic heterocycles. The number of hydrogen-bond acceptors (Lipinski definition) is 5. The van der Waals surface area contributed by atoms with E-state index in [9.17, 15) is 9.59 Å². The number of aromatic nitrogens is 2. The summed E-state index contributed by atoms with van der Waals surface area (Å²) in [4.78, 5) is 29.0. The largest absolute Gasteiger partial charge is 0.471 e. The summed E-state index contributed by atoms with van der Waals surface area (Å²) in [6, 6.07) is 10.8. The number of piperidine rings is 1. The molecule has 0 radical (unpaired) electrons. The number of benzene rings is 1. The molecule has 2 aromatic rings. The maximum atomic E-state index is 13.1. The van der Waals surface area contributed by atoms with Crippen LogP contribution in [-0.4, -0.2) is 52.6 Å². The molecular weight excluding hydrogens is 392 g/mol. The van der Waals surface area contributed by atoms with Crippen molar-refractivity contribution in [1.29, 1.82) is 0 Å². The summed E-state index contributed by atoms with van der Waals surface area (Å²) in [5.74, 6) is 0.111. The van der Waals surface area contributed by atoms with Crippen molar-refractivity contribution in [1.82, 2.24) is 15.1 Å². The fourth-order valence-corrected chi connectivity index (χ4v) is 3.98. The maximum Gasteiger partial charge on any atom is 0.233 e. The van der Waals surface area contributed by atoms with Gasteiger partial charge in [0.05, 0.1) is 18.2 Å². The summed E-state index contributed by atoms with van der Waals surface area (Å²) in [7, 11) is 0. The van der Waals surface area contributed by atoms with Gasteiger partial charge in [0, 0.05) is 36.3 Å². The van der Waals surface area contributed by atoms with Crippen LogP contribution in [0.3, 0.4) is 0 Å². The van der Waals surface area contributed by atoms with E-state index >= 15 is 0 Å². The average molecular weight is 415 g/mol. The molecule has 2 atom stereocenters. The zero-order valence-electron chi connectivity index (χ0n) is 16.3. The van der Waals surface area contributed by atoms with E-state index in [1.807, 2.05) is 17.9 Å². The fourth-order valence-electron chi connectivity index (χ4n) is 3.86. The van der Waals surface area contributed by atoms with Gasteiger partial charge in [-0.2, -0.15) is 5.10 Å². The summed E-state index contributed by atoms with van der Waals surface area (Å²) in [6.45, 7) is 3.45. The molecule has 0 saturated carbocycles. The number of nitrogens with zero attached hydrogens (tertiary/aromatic N) is 4. The lowest BCUT2D eigenvalue weighted by Gasteiger charge is -2.34. The number of rotatable bonds is 4. The van der Waals surface area contributed by atoms with Gasteiger partial charge in [0.15, 0.2) is 0 Å². The van der Waals surface area contributed by atoms with Gasteiger partial charge in [-0.05, 0) is 50.1 Å². The van der Waals surface area contributed by atoms with Gasteiger partial charge in [-0.25, -0.2) is 0 Å². The van der Waals surface area contributed by atoms with E-state index in [0.717, 1.165) is 24.2 Å². The molecule has 2 aliphatic heterocycles. The normalized spacial score (nSPS) is 22.1. The van der Waals surface area contributed by atoms with Crippen LogP contribution in [0.1, 0.15) is 25.0 Å². The number of hydrogen-bond donors (Lipinski definition) is 0. The zero-order chi connectivity index (χ0) is 20.4. The van der Waals surface area contributed by atoms with Crippen LogP contribution in [0.25, 0.3) is 0 Å². The smallest absolute Gasteiger partial charge is 0.233 e. The molecule has 2 unspecified atom stereocenters. The number of likely N-dealkylation sites (tertiary alicyclic amines) is 1. The lowest BCUT2D eigenvalue weighted by atomic mass is 10.0. The summed E-state index contributed by atoms with van der Waals surface area (Å²) >= 11 is 5.93. The molecule has 0 aliphatic carbocycles. The molecule has 3 heterocycles. The van der Waals surface area contributed by atoms with Gasteiger partial charge in [0.1, 0.15) is 6.10 Å². The zero-order valence-corrected chi connectivity index (χ0v) is 17.0. The SMILES string of the molecule is Cc1ccc(OC2CCCN(C(=O)C3CC(=O)N(c4ccc(Cl)cc4)C3)C2)nn1. The molecule has 4 rings (SSSR count). The molecule has 7 nitrogen and oxygen atoms in total. The number of halogens is 1. The third kappa shape index (κ3) is 4.50. The monoisotopic (exact) mass is 414 g/mol. The van der Waals surface area contributed by atoms with Crippen molar-refractivity contribution in [2.45, 2.75) is 32.3 Å². The first-order valence-electron chi connectivity index (χ1n) is 9.81.